The van der Waals surface area contributed by atoms with E-state index in [4.69, 9.17) is 0 Å². The molecule has 0 saturated heterocycles. The molecule has 1 aromatic carbocycles. The van der Waals surface area contributed by atoms with Crippen LogP contribution in [0.5, 0.6) is 0 Å². The van der Waals surface area contributed by atoms with Gasteiger partial charge in [0.25, 0.3) is 5.91 Å². The molecule has 2 nitrogen and oxygen atoms in total. The third-order valence-corrected chi connectivity index (χ3v) is 2.82. The maximum atomic E-state index is 12.0. The number of benzene rings is 1. The van der Waals surface area contributed by atoms with Crippen LogP contribution in [0.15, 0.2) is 24.4 Å². The van der Waals surface area contributed by atoms with Crippen LogP contribution in [0, 0.1) is 13.8 Å². The second-order valence-corrected chi connectivity index (χ2v) is 4.11. The molecule has 0 unspecified atom stereocenters. The van der Waals surface area contributed by atoms with E-state index in [1.54, 1.807) is 11.9 Å². The van der Waals surface area contributed by atoms with Crippen molar-refractivity contribution in [3.05, 3.63) is 46.7 Å². The SMILES string of the molecule is Cc1cc(C)c2c(c1)C(=O)N(C)C=CC2. The highest BCUT2D eigenvalue weighted by Crippen LogP contribution is 2.21. The van der Waals surface area contributed by atoms with Gasteiger partial charge in [-0.2, -0.15) is 0 Å². The van der Waals surface area contributed by atoms with Crippen LogP contribution in [0.2, 0.25) is 0 Å². The zero-order valence-corrected chi connectivity index (χ0v) is 9.37. The molecule has 1 aliphatic rings. The number of amides is 1. The number of carbonyl (C=O) groups is 1. The van der Waals surface area contributed by atoms with Crippen LogP contribution in [-0.2, 0) is 6.42 Å². The Bertz CT molecular complexity index is 446. The minimum atomic E-state index is 0.0885. The van der Waals surface area contributed by atoms with E-state index in [1.807, 2.05) is 25.3 Å². The first-order valence-corrected chi connectivity index (χ1v) is 5.13. The molecule has 0 atom stereocenters. The average Bonchev–Trinajstić information content (AvgIpc) is 2.30. The second-order valence-electron chi connectivity index (χ2n) is 4.11. The van der Waals surface area contributed by atoms with Crippen molar-refractivity contribution in [2.45, 2.75) is 20.3 Å². The van der Waals surface area contributed by atoms with Crippen molar-refractivity contribution in [1.29, 1.82) is 0 Å². The van der Waals surface area contributed by atoms with Gasteiger partial charge in [0.1, 0.15) is 0 Å². The largest absolute Gasteiger partial charge is 0.318 e. The first-order valence-electron chi connectivity index (χ1n) is 5.13. The average molecular weight is 201 g/mol. The summed E-state index contributed by atoms with van der Waals surface area (Å²) in [4.78, 5) is 13.7. The molecule has 1 amide bonds. The highest BCUT2D eigenvalue weighted by molar-refractivity contribution is 5.97. The zero-order valence-electron chi connectivity index (χ0n) is 9.37. The van der Waals surface area contributed by atoms with Crippen molar-refractivity contribution in [3.8, 4) is 0 Å². The lowest BCUT2D eigenvalue weighted by atomic mass is 9.96. The highest BCUT2D eigenvalue weighted by atomic mass is 16.2. The van der Waals surface area contributed by atoms with Gasteiger partial charge >= 0.3 is 0 Å². The van der Waals surface area contributed by atoms with Gasteiger partial charge in [-0.1, -0.05) is 17.7 Å². The smallest absolute Gasteiger partial charge is 0.257 e. The summed E-state index contributed by atoms with van der Waals surface area (Å²) < 4.78 is 0. The van der Waals surface area contributed by atoms with E-state index in [-0.39, 0.29) is 5.91 Å². The molecule has 0 spiro atoms. The number of aryl methyl sites for hydroxylation is 2. The topological polar surface area (TPSA) is 20.3 Å². The second kappa shape index (κ2) is 3.54. The fourth-order valence-corrected chi connectivity index (χ4v) is 2.05. The minimum absolute atomic E-state index is 0.0885. The third kappa shape index (κ3) is 1.67. The van der Waals surface area contributed by atoms with Gasteiger partial charge < -0.3 is 4.90 Å². The van der Waals surface area contributed by atoms with Crippen LogP contribution in [0.4, 0.5) is 0 Å². The molecule has 1 aromatic rings. The van der Waals surface area contributed by atoms with Crippen LogP contribution >= 0.6 is 0 Å². The van der Waals surface area contributed by atoms with E-state index in [1.165, 1.54) is 5.56 Å². The molecule has 78 valence electrons. The Morgan fingerprint density at radius 1 is 1.27 bits per heavy atom. The van der Waals surface area contributed by atoms with Crippen molar-refractivity contribution in [1.82, 2.24) is 4.90 Å². The van der Waals surface area contributed by atoms with E-state index < -0.39 is 0 Å². The molecule has 1 aliphatic heterocycles. The van der Waals surface area contributed by atoms with Gasteiger partial charge in [-0.3, -0.25) is 4.79 Å². The van der Waals surface area contributed by atoms with Gasteiger partial charge in [-0.05, 0) is 37.5 Å². The van der Waals surface area contributed by atoms with Crippen molar-refractivity contribution in [2.24, 2.45) is 0 Å². The normalized spacial score (nSPS) is 15.1. The van der Waals surface area contributed by atoms with E-state index >= 15 is 0 Å². The van der Waals surface area contributed by atoms with E-state index in [0.717, 1.165) is 23.1 Å². The van der Waals surface area contributed by atoms with Crippen LogP contribution in [0.1, 0.15) is 27.0 Å². The van der Waals surface area contributed by atoms with Crippen molar-refractivity contribution < 1.29 is 4.79 Å². The summed E-state index contributed by atoms with van der Waals surface area (Å²) in [5.41, 5.74) is 4.36. The highest BCUT2D eigenvalue weighted by Gasteiger charge is 2.18. The van der Waals surface area contributed by atoms with Crippen molar-refractivity contribution in [2.75, 3.05) is 7.05 Å². The molecular weight excluding hydrogens is 186 g/mol. The molecule has 0 radical (unpaired) electrons. The molecule has 2 rings (SSSR count). The molecule has 0 bridgehead atoms. The lowest BCUT2D eigenvalue weighted by molar-refractivity contribution is 0.0850. The first kappa shape index (κ1) is 9.97. The van der Waals surface area contributed by atoms with Crippen LogP contribution in [0.3, 0.4) is 0 Å². The molecule has 15 heavy (non-hydrogen) atoms. The summed E-state index contributed by atoms with van der Waals surface area (Å²) in [6.45, 7) is 4.09. The summed E-state index contributed by atoms with van der Waals surface area (Å²) >= 11 is 0. The number of hydrogen-bond donors (Lipinski definition) is 0. The fraction of sp³-hybridized carbons (Fsp3) is 0.308. The molecule has 0 aliphatic carbocycles. The quantitative estimate of drug-likeness (QED) is 0.631. The Kier molecular flexibility index (Phi) is 2.35. The molecular formula is C13H15NO. The minimum Gasteiger partial charge on any atom is -0.318 e. The number of allylic oxidation sites excluding steroid dienone is 1. The number of nitrogens with zero attached hydrogens (tertiary/aromatic N) is 1. The Morgan fingerprint density at radius 2 is 2.00 bits per heavy atom. The molecule has 0 aromatic heterocycles. The number of carbonyl (C=O) groups excluding carboxylic acids is 1. The first-order chi connectivity index (χ1) is 7.09. The summed E-state index contributed by atoms with van der Waals surface area (Å²) in [7, 11) is 1.80. The summed E-state index contributed by atoms with van der Waals surface area (Å²) in [5, 5.41) is 0. The van der Waals surface area contributed by atoms with Crippen molar-refractivity contribution >= 4 is 5.91 Å². The van der Waals surface area contributed by atoms with E-state index in [2.05, 4.69) is 13.0 Å². The standard InChI is InChI=1S/C13H15NO/c1-9-7-10(2)11-5-4-6-14(3)13(15)12(11)8-9/h4,6-8H,5H2,1-3H3. The Hall–Kier alpha value is -1.57. The van der Waals surface area contributed by atoms with Gasteiger partial charge in [0, 0.05) is 18.8 Å². The monoisotopic (exact) mass is 201 g/mol. The number of fused-ring (bicyclic) bond motifs is 1. The Labute approximate surface area is 90.2 Å². The molecule has 2 heteroatoms. The van der Waals surface area contributed by atoms with Crippen molar-refractivity contribution in [3.63, 3.8) is 0 Å². The number of hydrogen-bond acceptors (Lipinski definition) is 1. The summed E-state index contributed by atoms with van der Waals surface area (Å²) in [5.74, 6) is 0.0885. The zero-order chi connectivity index (χ0) is 11.0. The molecule has 0 saturated carbocycles. The fourth-order valence-electron chi connectivity index (χ4n) is 2.05. The van der Waals surface area contributed by atoms with Gasteiger partial charge in [-0.25, -0.2) is 0 Å². The summed E-state index contributed by atoms with van der Waals surface area (Å²) in [6.07, 6.45) is 4.72. The lowest BCUT2D eigenvalue weighted by Gasteiger charge is -2.13. The van der Waals surface area contributed by atoms with E-state index in [9.17, 15) is 4.79 Å². The summed E-state index contributed by atoms with van der Waals surface area (Å²) in [6, 6.07) is 4.11. The maximum absolute atomic E-state index is 12.0. The van der Waals surface area contributed by atoms with Gasteiger partial charge in [0.15, 0.2) is 0 Å². The van der Waals surface area contributed by atoms with Crippen LogP contribution in [-0.4, -0.2) is 17.9 Å². The molecule has 0 N–H and O–H groups in total. The van der Waals surface area contributed by atoms with Gasteiger partial charge in [-0.15, -0.1) is 0 Å². The van der Waals surface area contributed by atoms with E-state index in [0.29, 0.717) is 0 Å². The van der Waals surface area contributed by atoms with Gasteiger partial charge in [0.05, 0.1) is 0 Å². The molecule has 1 heterocycles. The van der Waals surface area contributed by atoms with Crippen LogP contribution in [0.25, 0.3) is 0 Å². The lowest BCUT2D eigenvalue weighted by Crippen LogP contribution is -2.21. The predicted octanol–water partition coefficient (Wildman–Crippen LogP) is 2.45. The Morgan fingerprint density at radius 3 is 2.73 bits per heavy atom. The Balaban J connectivity index is 2.63. The van der Waals surface area contributed by atoms with Crippen LogP contribution < -0.4 is 0 Å². The molecule has 0 fully saturated rings. The number of rotatable bonds is 0. The third-order valence-electron chi connectivity index (χ3n) is 2.82. The van der Waals surface area contributed by atoms with Gasteiger partial charge in [0.2, 0.25) is 0 Å². The maximum Gasteiger partial charge on any atom is 0.257 e. The predicted molar refractivity (Wildman–Crippen MR) is 60.9 cm³/mol.